The second kappa shape index (κ2) is 15.7. The van der Waals surface area contributed by atoms with E-state index in [9.17, 15) is 9.59 Å². The van der Waals surface area contributed by atoms with Gasteiger partial charge in [-0.2, -0.15) is 0 Å². The number of carbonyl (C=O) groups is 2. The van der Waals surface area contributed by atoms with E-state index in [-0.39, 0.29) is 7.47 Å². The molecule has 0 atom stereocenters. The van der Waals surface area contributed by atoms with Crippen LogP contribution in [0, 0.1) is 13.8 Å². The molecule has 0 N–H and O–H groups in total. The fourth-order valence-electron chi connectivity index (χ4n) is 2.39. The Morgan fingerprint density at radius 2 is 1.09 bits per heavy atom. The molecule has 0 aliphatic carbocycles. The molecule has 0 aliphatic rings. The molecule has 33 heavy (non-hydrogen) atoms. The minimum atomic E-state index is 0.117. The lowest BCUT2D eigenvalue weighted by atomic mass is 10.1. The van der Waals surface area contributed by atoms with E-state index in [1.165, 1.54) is 23.3 Å². The van der Waals surface area contributed by atoms with Crippen LogP contribution in [0.25, 0.3) is 0 Å². The molecule has 3 aromatic rings. The summed E-state index contributed by atoms with van der Waals surface area (Å²) in [5, 5.41) is 2.01. The maximum absolute atomic E-state index is 10.3. The average Bonchev–Trinajstić information content (AvgIpc) is 2.77. The molecule has 0 radical (unpaired) electrons. The van der Waals surface area contributed by atoms with E-state index in [4.69, 9.17) is 34.8 Å². The van der Waals surface area contributed by atoms with Crippen LogP contribution in [0.1, 0.15) is 50.4 Å². The number of hydrogen-bond acceptors (Lipinski definition) is 2. The molecule has 0 aromatic heterocycles. The molecule has 9 heteroatoms. The van der Waals surface area contributed by atoms with E-state index < -0.39 is 0 Å². The van der Waals surface area contributed by atoms with Crippen LogP contribution >= 0.6 is 98.5 Å². The predicted octanol–water partition coefficient (Wildman–Crippen LogP) is 10.8. The number of rotatable bonds is 4. The van der Waals surface area contributed by atoms with Gasteiger partial charge in [0.15, 0.2) is 12.6 Å². The first-order valence-corrected chi connectivity index (χ1v) is 14.1. The fraction of sp³-hybridized carbons (Fsp3) is 0.167. The van der Waals surface area contributed by atoms with Gasteiger partial charge in [-0.05, 0) is 78.6 Å². The maximum Gasteiger partial charge on any atom is 0.150 e. The standard InChI is InChI=1S/C8H5Br4Cl.C8H5ClO2.C8H9Cl/c9-7(10)5-2-1-4(13)3-6(5)8(11)12;9-8-2-1-6(4-10)7(3-8)5-11;1-6-3-4-8(9)5-7(6)2/h1-3,7-8H;1-5H;3-5H,1-2H3. The third-order valence-corrected chi connectivity index (χ3v) is 6.97. The van der Waals surface area contributed by atoms with Crippen LogP contribution in [0.5, 0.6) is 0 Å². The number of alkyl halides is 4. The molecule has 0 amide bonds. The fourth-order valence-corrected chi connectivity index (χ4v) is 4.61. The van der Waals surface area contributed by atoms with Gasteiger partial charge in [-0.1, -0.05) is 111 Å². The number of aldehydes is 2. The Hall–Kier alpha value is -0.210. The minimum absolute atomic E-state index is 0.117. The van der Waals surface area contributed by atoms with Gasteiger partial charge in [0.1, 0.15) is 0 Å². The van der Waals surface area contributed by atoms with Crippen molar-refractivity contribution in [1.29, 1.82) is 0 Å². The first kappa shape index (κ1) is 30.8. The molecule has 2 nitrogen and oxygen atoms in total. The summed E-state index contributed by atoms with van der Waals surface area (Å²) < 4.78 is 0.260. The normalized spacial score (nSPS) is 10.2. The van der Waals surface area contributed by atoms with Gasteiger partial charge in [0, 0.05) is 26.2 Å². The maximum atomic E-state index is 10.3. The Balaban J connectivity index is 0.000000252. The van der Waals surface area contributed by atoms with Crippen molar-refractivity contribution in [1.82, 2.24) is 0 Å². The molecule has 0 heterocycles. The average molecular weight is 765 g/mol. The highest BCUT2D eigenvalue weighted by Gasteiger charge is 2.13. The zero-order valence-corrected chi connectivity index (χ0v) is 26.1. The SMILES string of the molecule is Cc1ccc(Cl)cc1C.Clc1ccc(C(Br)Br)c(C(Br)Br)c1.O=Cc1ccc(Cl)cc1C=O. The van der Waals surface area contributed by atoms with Gasteiger partial charge in [-0.3, -0.25) is 9.59 Å². The monoisotopic (exact) mass is 760 g/mol. The zero-order valence-electron chi connectivity index (χ0n) is 17.5. The molecule has 0 saturated heterocycles. The van der Waals surface area contributed by atoms with Crippen LogP contribution < -0.4 is 0 Å². The molecule has 0 saturated carbocycles. The first-order valence-electron chi connectivity index (χ1n) is 9.28. The molecular weight excluding hydrogens is 746 g/mol. The van der Waals surface area contributed by atoms with Crippen LogP contribution in [-0.2, 0) is 0 Å². The third kappa shape index (κ3) is 10.9. The number of aryl methyl sites for hydroxylation is 2. The van der Waals surface area contributed by atoms with Crippen molar-refractivity contribution < 1.29 is 9.59 Å². The summed E-state index contributed by atoms with van der Waals surface area (Å²) in [6.45, 7) is 4.13. The van der Waals surface area contributed by atoms with Gasteiger partial charge in [-0.15, -0.1) is 0 Å². The molecule has 0 aliphatic heterocycles. The molecule has 0 bridgehead atoms. The van der Waals surface area contributed by atoms with Gasteiger partial charge in [-0.25, -0.2) is 0 Å². The van der Waals surface area contributed by atoms with Crippen molar-refractivity contribution in [2.45, 2.75) is 21.3 Å². The van der Waals surface area contributed by atoms with Gasteiger partial charge in [0.2, 0.25) is 0 Å². The third-order valence-electron chi connectivity index (χ3n) is 4.29. The highest BCUT2D eigenvalue weighted by molar-refractivity contribution is 9.24. The van der Waals surface area contributed by atoms with Crippen molar-refractivity contribution in [2.24, 2.45) is 0 Å². The summed E-state index contributed by atoms with van der Waals surface area (Å²) in [6, 6.07) is 16.2. The van der Waals surface area contributed by atoms with E-state index >= 15 is 0 Å². The summed E-state index contributed by atoms with van der Waals surface area (Å²) in [5.41, 5.74) is 5.51. The van der Waals surface area contributed by atoms with Crippen LogP contribution in [-0.4, -0.2) is 12.6 Å². The van der Waals surface area contributed by atoms with Crippen molar-refractivity contribution in [3.05, 3.63) is 103 Å². The van der Waals surface area contributed by atoms with E-state index in [1.54, 1.807) is 6.07 Å². The molecule has 3 aromatic carbocycles. The second-order valence-electron chi connectivity index (χ2n) is 6.61. The van der Waals surface area contributed by atoms with Crippen molar-refractivity contribution in [2.75, 3.05) is 0 Å². The Labute approximate surface area is 242 Å². The summed E-state index contributed by atoms with van der Waals surface area (Å²) in [5.74, 6) is 0. The van der Waals surface area contributed by atoms with Crippen LogP contribution in [0.4, 0.5) is 0 Å². The second-order valence-corrected chi connectivity index (χ2v) is 14.0. The predicted molar refractivity (Wildman–Crippen MR) is 156 cm³/mol. The lowest BCUT2D eigenvalue weighted by Crippen LogP contribution is -1.91. The van der Waals surface area contributed by atoms with Gasteiger partial charge >= 0.3 is 0 Å². The number of hydrogen-bond donors (Lipinski definition) is 0. The van der Waals surface area contributed by atoms with Gasteiger partial charge in [0.25, 0.3) is 0 Å². The molecular formula is C24H19Br4Cl3O2. The van der Waals surface area contributed by atoms with Crippen molar-refractivity contribution in [3.8, 4) is 0 Å². The topological polar surface area (TPSA) is 34.1 Å². The van der Waals surface area contributed by atoms with Crippen molar-refractivity contribution in [3.63, 3.8) is 0 Å². The number of halogens is 7. The van der Waals surface area contributed by atoms with Crippen LogP contribution in [0.3, 0.4) is 0 Å². The van der Waals surface area contributed by atoms with E-state index in [1.807, 2.05) is 36.4 Å². The largest absolute Gasteiger partial charge is 0.298 e. The van der Waals surface area contributed by atoms with Gasteiger partial charge in [0.05, 0.1) is 7.47 Å². The minimum Gasteiger partial charge on any atom is -0.298 e. The molecule has 0 fully saturated rings. The van der Waals surface area contributed by atoms with E-state index in [0.717, 1.165) is 21.2 Å². The summed E-state index contributed by atoms with van der Waals surface area (Å²) in [7, 11) is 0. The molecule has 0 spiro atoms. The Kier molecular flexibility index (Phi) is 14.7. The quantitative estimate of drug-likeness (QED) is 0.196. The Morgan fingerprint density at radius 3 is 1.58 bits per heavy atom. The Morgan fingerprint density at radius 1 is 0.606 bits per heavy atom. The molecule has 0 unspecified atom stereocenters. The number of carbonyl (C=O) groups excluding carboxylic acids is 2. The highest BCUT2D eigenvalue weighted by Crippen LogP contribution is 2.40. The molecule has 3 rings (SSSR count). The lowest BCUT2D eigenvalue weighted by Gasteiger charge is -2.11. The van der Waals surface area contributed by atoms with E-state index in [2.05, 4.69) is 77.6 Å². The molecule has 176 valence electrons. The smallest absolute Gasteiger partial charge is 0.150 e. The zero-order chi connectivity index (χ0) is 25.1. The Bertz CT molecular complexity index is 1090. The summed E-state index contributed by atoms with van der Waals surface area (Å²) >= 11 is 31.0. The highest BCUT2D eigenvalue weighted by atomic mass is 79.9. The van der Waals surface area contributed by atoms with Crippen LogP contribution in [0.2, 0.25) is 15.1 Å². The van der Waals surface area contributed by atoms with Crippen molar-refractivity contribution >= 4 is 111 Å². The summed E-state index contributed by atoms with van der Waals surface area (Å²) in [6.07, 6.45) is 1.23. The van der Waals surface area contributed by atoms with Gasteiger partial charge < -0.3 is 0 Å². The first-order chi connectivity index (χ1) is 15.5. The number of benzene rings is 3. The lowest BCUT2D eigenvalue weighted by molar-refractivity contribution is 0.109. The summed E-state index contributed by atoms with van der Waals surface area (Å²) in [4.78, 5) is 20.6. The van der Waals surface area contributed by atoms with Crippen LogP contribution in [0.15, 0.2) is 54.6 Å². The van der Waals surface area contributed by atoms with E-state index in [0.29, 0.717) is 28.7 Å².